The average Bonchev–Trinajstić information content (AvgIpc) is 3.18. The molecule has 6 heteroatoms. The molecule has 1 aromatic heterocycles. The molecule has 3 rings (SSSR count). The molecular formula is C14H23N5O. The molecular weight excluding hydrogens is 254 g/mol. The van der Waals surface area contributed by atoms with Crippen LogP contribution >= 0.6 is 0 Å². The SMILES string of the molecule is O=C(CC1CCCC1)NCc1nnnn1C1CCCC1. The molecule has 0 aromatic carbocycles. The van der Waals surface area contributed by atoms with Gasteiger partial charge in [-0.05, 0) is 42.0 Å². The van der Waals surface area contributed by atoms with E-state index in [4.69, 9.17) is 0 Å². The van der Waals surface area contributed by atoms with Gasteiger partial charge in [-0.2, -0.15) is 0 Å². The third-order valence-electron chi connectivity index (χ3n) is 4.62. The summed E-state index contributed by atoms with van der Waals surface area (Å²) >= 11 is 0. The summed E-state index contributed by atoms with van der Waals surface area (Å²) in [5.74, 6) is 1.51. The van der Waals surface area contributed by atoms with Crippen LogP contribution in [0, 0.1) is 5.92 Å². The summed E-state index contributed by atoms with van der Waals surface area (Å²) in [6, 6.07) is 0.423. The lowest BCUT2D eigenvalue weighted by Crippen LogP contribution is -2.27. The normalized spacial score (nSPS) is 20.6. The number of tetrazole rings is 1. The van der Waals surface area contributed by atoms with Gasteiger partial charge in [0.2, 0.25) is 5.91 Å². The Hall–Kier alpha value is -1.46. The van der Waals surface area contributed by atoms with Crippen molar-refractivity contribution in [3.63, 3.8) is 0 Å². The van der Waals surface area contributed by atoms with Crippen LogP contribution in [0.4, 0.5) is 0 Å². The Bertz CT molecular complexity index is 446. The van der Waals surface area contributed by atoms with Crippen LogP contribution in [0.3, 0.4) is 0 Å². The van der Waals surface area contributed by atoms with Crippen LogP contribution in [-0.2, 0) is 11.3 Å². The molecule has 0 atom stereocenters. The molecule has 1 aromatic rings. The Labute approximate surface area is 119 Å². The number of nitrogens with zero attached hydrogens (tertiary/aromatic N) is 4. The lowest BCUT2D eigenvalue weighted by molar-refractivity contribution is -0.122. The first-order valence-electron chi connectivity index (χ1n) is 7.86. The van der Waals surface area contributed by atoms with Crippen molar-refractivity contribution in [1.29, 1.82) is 0 Å². The molecule has 0 bridgehead atoms. The molecule has 1 N–H and O–H groups in total. The third kappa shape index (κ3) is 3.16. The summed E-state index contributed by atoms with van der Waals surface area (Å²) in [5, 5.41) is 14.9. The van der Waals surface area contributed by atoms with Gasteiger partial charge in [-0.1, -0.05) is 25.7 Å². The molecule has 0 unspecified atom stereocenters. The van der Waals surface area contributed by atoms with Crippen molar-refractivity contribution in [3.8, 4) is 0 Å². The van der Waals surface area contributed by atoms with Gasteiger partial charge < -0.3 is 5.32 Å². The van der Waals surface area contributed by atoms with Crippen LogP contribution < -0.4 is 5.32 Å². The number of carbonyl (C=O) groups excluding carboxylic acids is 1. The van der Waals surface area contributed by atoms with Gasteiger partial charge in [0.15, 0.2) is 5.82 Å². The zero-order valence-electron chi connectivity index (χ0n) is 11.9. The first kappa shape index (κ1) is 13.5. The van der Waals surface area contributed by atoms with Gasteiger partial charge in [-0.25, -0.2) is 4.68 Å². The largest absolute Gasteiger partial charge is 0.349 e. The van der Waals surface area contributed by atoms with Gasteiger partial charge in [-0.15, -0.1) is 5.10 Å². The molecule has 6 nitrogen and oxygen atoms in total. The van der Waals surface area contributed by atoms with Crippen molar-refractivity contribution < 1.29 is 4.79 Å². The highest BCUT2D eigenvalue weighted by atomic mass is 16.1. The molecule has 2 fully saturated rings. The van der Waals surface area contributed by atoms with Crippen molar-refractivity contribution in [3.05, 3.63) is 5.82 Å². The van der Waals surface area contributed by atoms with Crippen LogP contribution in [0.5, 0.6) is 0 Å². The Balaban J connectivity index is 1.50. The zero-order chi connectivity index (χ0) is 13.8. The van der Waals surface area contributed by atoms with Crippen molar-refractivity contribution in [2.45, 2.75) is 70.4 Å². The maximum absolute atomic E-state index is 11.9. The summed E-state index contributed by atoms with van der Waals surface area (Å²) in [4.78, 5) is 11.9. The number of aromatic nitrogens is 4. The maximum atomic E-state index is 11.9. The number of rotatable bonds is 5. The van der Waals surface area contributed by atoms with E-state index in [2.05, 4.69) is 20.8 Å². The summed E-state index contributed by atoms with van der Waals surface area (Å²) in [5.41, 5.74) is 0. The van der Waals surface area contributed by atoms with Crippen molar-refractivity contribution in [1.82, 2.24) is 25.5 Å². The number of amides is 1. The Morgan fingerprint density at radius 1 is 1.15 bits per heavy atom. The van der Waals surface area contributed by atoms with Crippen LogP contribution in [0.15, 0.2) is 0 Å². The van der Waals surface area contributed by atoms with E-state index in [0.29, 0.717) is 24.9 Å². The van der Waals surface area contributed by atoms with Gasteiger partial charge in [0.05, 0.1) is 12.6 Å². The molecule has 1 amide bonds. The molecule has 2 aliphatic carbocycles. The zero-order valence-corrected chi connectivity index (χ0v) is 11.9. The molecule has 0 aliphatic heterocycles. The second-order valence-corrected chi connectivity index (χ2v) is 6.11. The molecule has 20 heavy (non-hydrogen) atoms. The minimum atomic E-state index is 0.137. The van der Waals surface area contributed by atoms with E-state index >= 15 is 0 Å². The smallest absolute Gasteiger partial charge is 0.220 e. The van der Waals surface area contributed by atoms with Gasteiger partial charge in [-0.3, -0.25) is 4.79 Å². The van der Waals surface area contributed by atoms with Crippen LogP contribution in [0.1, 0.15) is 69.7 Å². The van der Waals surface area contributed by atoms with Gasteiger partial charge in [0.25, 0.3) is 0 Å². The highest BCUT2D eigenvalue weighted by molar-refractivity contribution is 5.76. The number of carbonyl (C=O) groups is 1. The molecule has 0 saturated heterocycles. The fraction of sp³-hybridized carbons (Fsp3) is 0.857. The monoisotopic (exact) mass is 277 g/mol. The summed E-state index contributed by atoms with van der Waals surface area (Å²) in [6.45, 7) is 0.453. The molecule has 0 spiro atoms. The Morgan fingerprint density at radius 2 is 1.85 bits per heavy atom. The fourth-order valence-electron chi connectivity index (χ4n) is 3.49. The Morgan fingerprint density at radius 3 is 2.60 bits per heavy atom. The topological polar surface area (TPSA) is 72.7 Å². The van der Waals surface area contributed by atoms with Crippen LogP contribution in [0.25, 0.3) is 0 Å². The van der Waals surface area contributed by atoms with E-state index in [9.17, 15) is 4.79 Å². The van der Waals surface area contributed by atoms with E-state index in [1.54, 1.807) is 0 Å². The minimum absolute atomic E-state index is 0.137. The van der Waals surface area contributed by atoms with Crippen LogP contribution in [-0.4, -0.2) is 26.1 Å². The van der Waals surface area contributed by atoms with Gasteiger partial charge in [0, 0.05) is 6.42 Å². The van der Waals surface area contributed by atoms with Gasteiger partial charge in [0.1, 0.15) is 0 Å². The predicted molar refractivity (Wildman–Crippen MR) is 73.7 cm³/mol. The van der Waals surface area contributed by atoms with Crippen molar-refractivity contribution in [2.75, 3.05) is 0 Å². The van der Waals surface area contributed by atoms with Crippen molar-refractivity contribution >= 4 is 5.91 Å². The highest BCUT2D eigenvalue weighted by Gasteiger charge is 2.22. The highest BCUT2D eigenvalue weighted by Crippen LogP contribution is 2.29. The second kappa shape index (κ2) is 6.33. The average molecular weight is 277 g/mol. The van der Waals surface area contributed by atoms with E-state index < -0.39 is 0 Å². The first-order valence-corrected chi connectivity index (χ1v) is 7.86. The van der Waals surface area contributed by atoms with E-state index in [1.165, 1.54) is 38.5 Å². The number of hydrogen-bond donors (Lipinski definition) is 1. The molecule has 110 valence electrons. The first-order chi connectivity index (χ1) is 9.83. The quantitative estimate of drug-likeness (QED) is 0.893. The lowest BCUT2D eigenvalue weighted by atomic mass is 10.0. The number of hydrogen-bond acceptors (Lipinski definition) is 4. The van der Waals surface area contributed by atoms with E-state index in [-0.39, 0.29) is 5.91 Å². The molecule has 2 aliphatic rings. The Kier molecular flexibility index (Phi) is 4.28. The predicted octanol–water partition coefficient (Wildman–Crippen LogP) is 1.98. The minimum Gasteiger partial charge on any atom is -0.349 e. The second-order valence-electron chi connectivity index (χ2n) is 6.11. The molecule has 1 heterocycles. The van der Waals surface area contributed by atoms with E-state index in [0.717, 1.165) is 18.7 Å². The summed E-state index contributed by atoms with van der Waals surface area (Å²) in [7, 11) is 0. The summed E-state index contributed by atoms with van der Waals surface area (Å²) < 4.78 is 1.91. The van der Waals surface area contributed by atoms with Gasteiger partial charge >= 0.3 is 0 Å². The summed E-state index contributed by atoms with van der Waals surface area (Å²) in [6.07, 6.45) is 10.4. The maximum Gasteiger partial charge on any atom is 0.220 e. The lowest BCUT2D eigenvalue weighted by Gasteiger charge is -2.12. The van der Waals surface area contributed by atoms with Crippen molar-refractivity contribution in [2.24, 2.45) is 5.92 Å². The standard InChI is InChI=1S/C14H23N5O/c20-14(9-11-5-1-2-6-11)15-10-13-16-17-18-19(13)12-7-3-4-8-12/h11-12H,1-10H2,(H,15,20). The number of nitrogens with one attached hydrogen (secondary N) is 1. The third-order valence-corrected chi connectivity index (χ3v) is 4.62. The van der Waals surface area contributed by atoms with E-state index in [1.807, 2.05) is 4.68 Å². The molecule has 2 saturated carbocycles. The fourth-order valence-corrected chi connectivity index (χ4v) is 3.49. The molecule has 0 radical (unpaired) electrons. The van der Waals surface area contributed by atoms with Crippen LogP contribution in [0.2, 0.25) is 0 Å².